The first-order valence-corrected chi connectivity index (χ1v) is 7.82. The molecule has 4 rings (SSSR count). The van der Waals surface area contributed by atoms with Gasteiger partial charge in [0.05, 0.1) is 11.5 Å². The number of nitriles is 1. The van der Waals surface area contributed by atoms with Crippen LogP contribution in [0, 0.1) is 11.3 Å². The van der Waals surface area contributed by atoms with E-state index in [4.69, 9.17) is 0 Å². The van der Waals surface area contributed by atoms with Crippen molar-refractivity contribution in [3.05, 3.63) is 81.6 Å². The number of hydrogen-bond donors (Lipinski definition) is 1. The summed E-state index contributed by atoms with van der Waals surface area (Å²) >= 11 is 0. The molecule has 0 atom stereocenters. The largest absolute Gasteiger partial charge is 0.322 e. The second-order valence-corrected chi connectivity index (χ2v) is 6.28. The number of nitrogens with one attached hydrogen (secondary N) is 1. The van der Waals surface area contributed by atoms with Gasteiger partial charge in [-0.05, 0) is 41.5 Å². The molecule has 1 aliphatic carbocycles. The number of H-pyrrole nitrogens is 1. The number of para-hydroxylation sites is 1. The summed E-state index contributed by atoms with van der Waals surface area (Å²) in [5.41, 5.74) is 3.51. The first-order chi connectivity index (χ1) is 11.2. The van der Waals surface area contributed by atoms with Gasteiger partial charge in [-0.25, -0.2) is 0 Å². The van der Waals surface area contributed by atoms with E-state index in [-0.39, 0.29) is 11.0 Å². The van der Waals surface area contributed by atoms with Crippen LogP contribution in [0.5, 0.6) is 0 Å². The molecule has 112 valence electrons. The van der Waals surface area contributed by atoms with Gasteiger partial charge in [0.25, 0.3) is 5.56 Å². The Bertz CT molecular complexity index is 973. The summed E-state index contributed by atoms with van der Waals surface area (Å²) in [7, 11) is 0. The zero-order valence-corrected chi connectivity index (χ0v) is 12.7. The van der Waals surface area contributed by atoms with Crippen LogP contribution in [0.15, 0.2) is 59.4 Å². The Morgan fingerprint density at radius 1 is 1.09 bits per heavy atom. The van der Waals surface area contributed by atoms with Gasteiger partial charge in [0, 0.05) is 17.5 Å². The van der Waals surface area contributed by atoms with E-state index in [1.807, 2.05) is 54.6 Å². The molecular weight excluding hydrogens is 284 g/mol. The molecule has 0 unspecified atom stereocenters. The molecule has 0 saturated heterocycles. The van der Waals surface area contributed by atoms with Crippen LogP contribution in [0.3, 0.4) is 0 Å². The van der Waals surface area contributed by atoms with Gasteiger partial charge in [-0.3, -0.25) is 4.79 Å². The van der Waals surface area contributed by atoms with Crippen molar-refractivity contribution >= 4 is 10.9 Å². The third-order valence-corrected chi connectivity index (χ3v) is 4.70. The van der Waals surface area contributed by atoms with Gasteiger partial charge in [0.1, 0.15) is 0 Å². The van der Waals surface area contributed by atoms with Crippen molar-refractivity contribution < 1.29 is 0 Å². The van der Waals surface area contributed by atoms with E-state index in [0.717, 1.165) is 40.4 Å². The van der Waals surface area contributed by atoms with Crippen molar-refractivity contribution in [3.63, 3.8) is 0 Å². The van der Waals surface area contributed by atoms with Crippen LogP contribution in [0.4, 0.5) is 0 Å². The van der Waals surface area contributed by atoms with Gasteiger partial charge in [-0.2, -0.15) is 5.26 Å². The van der Waals surface area contributed by atoms with Gasteiger partial charge in [0.2, 0.25) is 0 Å². The maximum absolute atomic E-state index is 12.2. The number of hydrogen-bond acceptors (Lipinski definition) is 2. The number of fused-ring (bicyclic) bond motifs is 1. The molecule has 0 radical (unpaired) electrons. The van der Waals surface area contributed by atoms with E-state index >= 15 is 0 Å². The van der Waals surface area contributed by atoms with Crippen LogP contribution in [-0.2, 0) is 11.8 Å². The van der Waals surface area contributed by atoms with Crippen molar-refractivity contribution in [1.29, 1.82) is 5.26 Å². The van der Waals surface area contributed by atoms with Crippen molar-refractivity contribution in [2.45, 2.75) is 24.7 Å². The molecule has 0 aliphatic heterocycles. The second-order valence-electron chi connectivity index (χ2n) is 6.28. The number of nitrogens with zero attached hydrogens (tertiary/aromatic N) is 1. The number of aromatic amines is 1. The predicted molar refractivity (Wildman–Crippen MR) is 90.3 cm³/mol. The average molecular weight is 300 g/mol. The Kier molecular flexibility index (Phi) is 3.06. The summed E-state index contributed by atoms with van der Waals surface area (Å²) in [6.45, 7) is 0. The first kappa shape index (κ1) is 13.8. The Labute approximate surface area is 134 Å². The van der Waals surface area contributed by atoms with E-state index in [2.05, 4.69) is 11.1 Å². The fourth-order valence-corrected chi connectivity index (χ4v) is 3.08. The van der Waals surface area contributed by atoms with Crippen LogP contribution >= 0.6 is 0 Å². The highest BCUT2D eigenvalue weighted by Crippen LogP contribution is 2.47. The molecule has 0 bridgehead atoms. The molecule has 23 heavy (non-hydrogen) atoms. The Hall–Kier alpha value is -2.86. The predicted octanol–water partition coefficient (Wildman–Crippen LogP) is 3.67. The minimum absolute atomic E-state index is 0.0385. The van der Waals surface area contributed by atoms with Crippen LogP contribution < -0.4 is 5.56 Å². The SMILES string of the molecule is N#CC1(c2ccc(Cc3cc4ccccc4[nH]c3=O)cc2)CC1. The second kappa shape index (κ2) is 5.10. The number of pyridine rings is 1. The highest BCUT2D eigenvalue weighted by Gasteiger charge is 2.44. The maximum atomic E-state index is 12.2. The van der Waals surface area contributed by atoms with Gasteiger partial charge in [-0.1, -0.05) is 42.5 Å². The first-order valence-electron chi connectivity index (χ1n) is 7.82. The molecule has 1 heterocycles. The van der Waals surface area contributed by atoms with Crippen molar-refractivity contribution in [3.8, 4) is 6.07 Å². The van der Waals surface area contributed by atoms with E-state index in [1.54, 1.807) is 0 Å². The molecule has 1 N–H and O–H groups in total. The smallest absolute Gasteiger partial charge is 0.251 e. The van der Waals surface area contributed by atoms with E-state index in [1.165, 1.54) is 0 Å². The van der Waals surface area contributed by atoms with Crippen molar-refractivity contribution in [2.75, 3.05) is 0 Å². The van der Waals surface area contributed by atoms with Crippen LogP contribution in [0.25, 0.3) is 10.9 Å². The van der Waals surface area contributed by atoms with Crippen molar-refractivity contribution in [1.82, 2.24) is 4.98 Å². The molecule has 2 aromatic carbocycles. The molecule has 3 aromatic rings. The quantitative estimate of drug-likeness (QED) is 0.802. The Morgan fingerprint density at radius 3 is 2.52 bits per heavy atom. The molecule has 1 fully saturated rings. The fraction of sp³-hybridized carbons (Fsp3) is 0.200. The summed E-state index contributed by atoms with van der Waals surface area (Å²) in [5.74, 6) is 0. The summed E-state index contributed by atoms with van der Waals surface area (Å²) < 4.78 is 0. The van der Waals surface area contributed by atoms with E-state index < -0.39 is 0 Å². The zero-order valence-electron chi connectivity index (χ0n) is 12.7. The highest BCUT2D eigenvalue weighted by atomic mass is 16.1. The lowest BCUT2D eigenvalue weighted by atomic mass is 9.95. The van der Waals surface area contributed by atoms with Crippen molar-refractivity contribution in [2.24, 2.45) is 0 Å². The summed E-state index contributed by atoms with van der Waals surface area (Å²) in [6, 6.07) is 20.3. The maximum Gasteiger partial charge on any atom is 0.251 e. The molecule has 0 amide bonds. The standard InChI is InChI=1S/C20H16N2O/c21-13-20(9-10-20)17-7-5-14(6-8-17)11-16-12-15-3-1-2-4-18(15)22-19(16)23/h1-8,12H,9-11H2,(H,22,23). The van der Waals surface area contributed by atoms with Crippen LogP contribution in [0.2, 0.25) is 0 Å². The van der Waals surface area contributed by atoms with E-state index in [0.29, 0.717) is 6.42 Å². The van der Waals surface area contributed by atoms with Gasteiger partial charge < -0.3 is 4.98 Å². The third-order valence-electron chi connectivity index (χ3n) is 4.70. The average Bonchev–Trinajstić information content (AvgIpc) is 3.37. The number of rotatable bonds is 3. The van der Waals surface area contributed by atoms with Gasteiger partial charge >= 0.3 is 0 Å². The normalized spacial score (nSPS) is 15.3. The minimum atomic E-state index is -0.251. The number of aromatic nitrogens is 1. The Balaban J connectivity index is 1.64. The van der Waals surface area contributed by atoms with Gasteiger partial charge in [0.15, 0.2) is 0 Å². The lowest BCUT2D eigenvalue weighted by molar-refractivity contribution is 0.906. The zero-order chi connectivity index (χ0) is 15.9. The lowest BCUT2D eigenvalue weighted by Gasteiger charge is -2.08. The summed E-state index contributed by atoms with van der Waals surface area (Å²) in [4.78, 5) is 15.2. The Morgan fingerprint density at radius 2 is 1.83 bits per heavy atom. The van der Waals surface area contributed by atoms with Gasteiger partial charge in [-0.15, -0.1) is 0 Å². The molecule has 3 heteroatoms. The monoisotopic (exact) mass is 300 g/mol. The molecular formula is C20H16N2O. The fourth-order valence-electron chi connectivity index (χ4n) is 3.08. The van der Waals surface area contributed by atoms with E-state index in [9.17, 15) is 10.1 Å². The summed E-state index contributed by atoms with van der Waals surface area (Å²) in [6.07, 6.45) is 2.50. The van der Waals surface area contributed by atoms with Crippen LogP contribution in [-0.4, -0.2) is 4.98 Å². The molecule has 1 saturated carbocycles. The molecule has 0 spiro atoms. The summed E-state index contributed by atoms with van der Waals surface area (Å²) in [5, 5.41) is 10.3. The van der Waals surface area contributed by atoms with Crippen LogP contribution in [0.1, 0.15) is 29.5 Å². The topological polar surface area (TPSA) is 56.6 Å². The minimum Gasteiger partial charge on any atom is -0.322 e. The third kappa shape index (κ3) is 2.43. The number of benzene rings is 2. The molecule has 1 aliphatic rings. The molecule has 1 aromatic heterocycles. The molecule has 3 nitrogen and oxygen atoms in total. The highest BCUT2D eigenvalue weighted by molar-refractivity contribution is 5.78. The lowest BCUT2D eigenvalue weighted by Crippen LogP contribution is -2.12.